The van der Waals surface area contributed by atoms with Crippen LogP contribution in [0.2, 0.25) is 0 Å². The molecule has 1 aliphatic rings. The number of aliphatic hydroxyl groups is 1. The van der Waals surface area contributed by atoms with Gasteiger partial charge in [0, 0.05) is 6.54 Å². The number of likely N-dealkylation sites (N-methyl/N-ethyl adjacent to an activating group) is 1. The van der Waals surface area contributed by atoms with Crippen molar-refractivity contribution in [2.24, 2.45) is 0 Å². The number of nitrogens with zero attached hydrogens (tertiary/aromatic N) is 1. The molecule has 0 aromatic carbocycles. The highest BCUT2D eigenvalue weighted by atomic mass is 16.3. The lowest BCUT2D eigenvalue weighted by atomic mass is 9.84. The molecule has 0 amide bonds. The molecule has 0 radical (unpaired) electrons. The van der Waals surface area contributed by atoms with Crippen molar-refractivity contribution < 1.29 is 9.52 Å². The molecule has 1 saturated carbocycles. The lowest BCUT2D eigenvalue weighted by molar-refractivity contribution is -0.0233. The highest BCUT2D eigenvalue weighted by Gasteiger charge is 2.30. The van der Waals surface area contributed by atoms with Crippen LogP contribution in [0, 0.1) is 6.92 Å². The largest absolute Gasteiger partial charge is 0.465 e. The predicted octanol–water partition coefficient (Wildman–Crippen LogP) is 2.72. The van der Waals surface area contributed by atoms with Gasteiger partial charge in [-0.1, -0.05) is 19.3 Å². The second-order valence-corrected chi connectivity index (χ2v) is 5.47. The minimum absolute atomic E-state index is 0.478. The summed E-state index contributed by atoms with van der Waals surface area (Å²) in [7, 11) is 2.05. The standard InChI is InChI=1S/C14H23NO2/c1-12-6-7-13(17-12)10-15(2)11-14(16)8-4-3-5-9-14/h6-7,16H,3-5,8-11H2,1-2H3. The van der Waals surface area contributed by atoms with E-state index >= 15 is 0 Å². The van der Waals surface area contributed by atoms with Crippen molar-refractivity contribution in [3.63, 3.8) is 0 Å². The molecule has 96 valence electrons. The summed E-state index contributed by atoms with van der Waals surface area (Å²) < 4.78 is 5.55. The molecular formula is C14H23NO2. The average molecular weight is 237 g/mol. The fourth-order valence-electron chi connectivity index (χ4n) is 2.76. The molecule has 1 N–H and O–H groups in total. The fraction of sp³-hybridized carbons (Fsp3) is 0.714. The van der Waals surface area contributed by atoms with Crippen molar-refractivity contribution in [2.45, 2.75) is 51.2 Å². The van der Waals surface area contributed by atoms with Crippen LogP contribution < -0.4 is 0 Å². The number of furan rings is 1. The minimum Gasteiger partial charge on any atom is -0.465 e. The number of hydrogen-bond acceptors (Lipinski definition) is 3. The zero-order valence-corrected chi connectivity index (χ0v) is 10.9. The Labute approximate surface area is 103 Å². The SMILES string of the molecule is Cc1ccc(CN(C)CC2(O)CCCCC2)o1. The summed E-state index contributed by atoms with van der Waals surface area (Å²) in [4.78, 5) is 2.16. The zero-order chi connectivity index (χ0) is 12.3. The van der Waals surface area contributed by atoms with Crippen molar-refractivity contribution in [1.82, 2.24) is 4.90 Å². The van der Waals surface area contributed by atoms with Gasteiger partial charge in [0.15, 0.2) is 0 Å². The van der Waals surface area contributed by atoms with Crippen LogP contribution in [0.3, 0.4) is 0 Å². The predicted molar refractivity (Wildman–Crippen MR) is 67.8 cm³/mol. The van der Waals surface area contributed by atoms with Gasteiger partial charge in [-0.05, 0) is 38.9 Å². The van der Waals surface area contributed by atoms with E-state index in [4.69, 9.17) is 4.42 Å². The van der Waals surface area contributed by atoms with E-state index in [1.165, 1.54) is 6.42 Å². The molecule has 1 heterocycles. The first kappa shape index (κ1) is 12.7. The Kier molecular flexibility index (Phi) is 3.89. The molecule has 0 saturated heterocycles. The summed E-state index contributed by atoms with van der Waals surface area (Å²) in [6.45, 7) is 3.47. The molecule has 3 heteroatoms. The van der Waals surface area contributed by atoms with Crippen LogP contribution in [-0.4, -0.2) is 29.2 Å². The van der Waals surface area contributed by atoms with Crippen LogP contribution in [0.25, 0.3) is 0 Å². The van der Waals surface area contributed by atoms with Gasteiger partial charge in [0.2, 0.25) is 0 Å². The Balaban J connectivity index is 1.85. The number of aryl methyl sites for hydroxylation is 1. The Morgan fingerprint density at radius 3 is 2.59 bits per heavy atom. The third-order valence-corrected chi connectivity index (χ3v) is 3.57. The molecule has 3 nitrogen and oxygen atoms in total. The van der Waals surface area contributed by atoms with Crippen molar-refractivity contribution in [2.75, 3.05) is 13.6 Å². The van der Waals surface area contributed by atoms with E-state index in [1.807, 2.05) is 26.1 Å². The molecule has 17 heavy (non-hydrogen) atoms. The van der Waals surface area contributed by atoms with E-state index in [-0.39, 0.29) is 0 Å². The summed E-state index contributed by atoms with van der Waals surface area (Å²) in [5.74, 6) is 1.93. The highest BCUT2D eigenvalue weighted by Crippen LogP contribution is 2.28. The number of rotatable bonds is 4. The Hall–Kier alpha value is -0.800. The van der Waals surface area contributed by atoms with Crippen molar-refractivity contribution in [1.29, 1.82) is 0 Å². The van der Waals surface area contributed by atoms with E-state index < -0.39 is 5.60 Å². The van der Waals surface area contributed by atoms with Crippen molar-refractivity contribution in [3.05, 3.63) is 23.7 Å². The lowest BCUT2D eigenvalue weighted by Gasteiger charge is -2.35. The molecule has 0 aliphatic heterocycles. The first-order valence-electron chi connectivity index (χ1n) is 6.54. The van der Waals surface area contributed by atoms with Gasteiger partial charge in [-0.2, -0.15) is 0 Å². The van der Waals surface area contributed by atoms with Crippen LogP contribution in [0.4, 0.5) is 0 Å². The van der Waals surface area contributed by atoms with Gasteiger partial charge in [-0.3, -0.25) is 4.90 Å². The van der Waals surface area contributed by atoms with Gasteiger partial charge in [-0.15, -0.1) is 0 Å². The van der Waals surface area contributed by atoms with Gasteiger partial charge in [-0.25, -0.2) is 0 Å². The molecule has 1 fully saturated rings. The number of hydrogen-bond donors (Lipinski definition) is 1. The Morgan fingerprint density at radius 2 is 2.00 bits per heavy atom. The van der Waals surface area contributed by atoms with Crippen LogP contribution in [0.5, 0.6) is 0 Å². The lowest BCUT2D eigenvalue weighted by Crippen LogP contribution is -2.42. The summed E-state index contributed by atoms with van der Waals surface area (Å²) in [6.07, 6.45) is 5.46. The van der Waals surface area contributed by atoms with Crippen LogP contribution in [0.15, 0.2) is 16.5 Å². The monoisotopic (exact) mass is 237 g/mol. The second kappa shape index (κ2) is 5.23. The average Bonchev–Trinajstić information content (AvgIpc) is 2.63. The first-order chi connectivity index (χ1) is 8.07. The molecule has 1 aromatic heterocycles. The molecule has 1 aromatic rings. The minimum atomic E-state index is -0.478. The molecule has 0 bridgehead atoms. The maximum atomic E-state index is 10.5. The quantitative estimate of drug-likeness (QED) is 0.874. The van der Waals surface area contributed by atoms with E-state index in [2.05, 4.69) is 4.90 Å². The van der Waals surface area contributed by atoms with Crippen molar-refractivity contribution >= 4 is 0 Å². The summed E-state index contributed by atoms with van der Waals surface area (Å²) in [5, 5.41) is 10.5. The van der Waals surface area contributed by atoms with Gasteiger partial charge >= 0.3 is 0 Å². The summed E-state index contributed by atoms with van der Waals surface area (Å²) in [5.41, 5.74) is -0.478. The van der Waals surface area contributed by atoms with Crippen LogP contribution in [-0.2, 0) is 6.54 Å². The maximum absolute atomic E-state index is 10.5. The smallest absolute Gasteiger partial charge is 0.118 e. The van der Waals surface area contributed by atoms with E-state index in [1.54, 1.807) is 0 Å². The normalized spacial score (nSPS) is 19.8. The van der Waals surface area contributed by atoms with Crippen LogP contribution in [0.1, 0.15) is 43.6 Å². The van der Waals surface area contributed by atoms with Gasteiger partial charge in [0.25, 0.3) is 0 Å². The second-order valence-electron chi connectivity index (χ2n) is 5.47. The van der Waals surface area contributed by atoms with Crippen LogP contribution >= 0.6 is 0 Å². The topological polar surface area (TPSA) is 36.6 Å². The molecule has 0 spiro atoms. The van der Waals surface area contributed by atoms with E-state index in [0.29, 0.717) is 0 Å². The zero-order valence-electron chi connectivity index (χ0n) is 10.9. The maximum Gasteiger partial charge on any atom is 0.118 e. The first-order valence-corrected chi connectivity index (χ1v) is 6.54. The third-order valence-electron chi connectivity index (χ3n) is 3.57. The van der Waals surface area contributed by atoms with Gasteiger partial charge < -0.3 is 9.52 Å². The summed E-state index contributed by atoms with van der Waals surface area (Å²) in [6, 6.07) is 4.00. The fourth-order valence-corrected chi connectivity index (χ4v) is 2.76. The highest BCUT2D eigenvalue weighted by molar-refractivity contribution is 5.05. The molecular weight excluding hydrogens is 214 g/mol. The van der Waals surface area contributed by atoms with E-state index in [0.717, 1.165) is 50.3 Å². The summed E-state index contributed by atoms with van der Waals surface area (Å²) >= 11 is 0. The van der Waals surface area contributed by atoms with Gasteiger partial charge in [0.1, 0.15) is 11.5 Å². The Morgan fingerprint density at radius 1 is 1.29 bits per heavy atom. The molecule has 0 atom stereocenters. The Bertz CT molecular complexity index is 353. The molecule has 1 aliphatic carbocycles. The molecule has 0 unspecified atom stereocenters. The van der Waals surface area contributed by atoms with Crippen molar-refractivity contribution in [3.8, 4) is 0 Å². The third kappa shape index (κ3) is 3.58. The van der Waals surface area contributed by atoms with E-state index in [9.17, 15) is 5.11 Å². The van der Waals surface area contributed by atoms with Gasteiger partial charge in [0.05, 0.1) is 12.1 Å². The molecule has 2 rings (SSSR count).